The minimum atomic E-state index is -0.996. The number of hydrogen-bond donors (Lipinski definition) is 2. The normalized spacial score (nSPS) is 24.6. The van der Waals surface area contributed by atoms with Gasteiger partial charge >= 0.3 is 5.97 Å². The number of halogens is 1. The maximum absolute atomic E-state index is 12.5. The Morgan fingerprint density at radius 1 is 1.06 bits per heavy atom. The molecule has 2 N–H and O–H groups in total. The third-order valence-corrected chi connectivity index (χ3v) is 8.18. The van der Waals surface area contributed by atoms with Gasteiger partial charge < -0.3 is 10.4 Å². The van der Waals surface area contributed by atoms with Crippen LogP contribution in [0.3, 0.4) is 0 Å². The SMILES string of the molecule is Cc1csc(C2=Cc3ccccc3C23CCC(Nc2cccc(Cl)c2)(C(=O)O)CC3)c1. The van der Waals surface area contributed by atoms with Gasteiger partial charge in [-0.25, -0.2) is 4.79 Å². The minimum Gasteiger partial charge on any atom is -0.480 e. The summed E-state index contributed by atoms with van der Waals surface area (Å²) in [5.41, 5.74) is 4.82. The van der Waals surface area contributed by atoms with Gasteiger partial charge in [-0.1, -0.05) is 41.9 Å². The number of thiophene rings is 1. The predicted molar refractivity (Wildman–Crippen MR) is 129 cm³/mol. The Kier molecular flexibility index (Phi) is 4.95. The maximum Gasteiger partial charge on any atom is 0.329 e. The van der Waals surface area contributed by atoms with Gasteiger partial charge in [-0.2, -0.15) is 0 Å². The smallest absolute Gasteiger partial charge is 0.329 e. The number of benzene rings is 2. The molecule has 0 unspecified atom stereocenters. The summed E-state index contributed by atoms with van der Waals surface area (Å²) in [5, 5.41) is 16.3. The second kappa shape index (κ2) is 7.54. The highest BCUT2D eigenvalue weighted by atomic mass is 35.5. The molecule has 1 aromatic heterocycles. The molecule has 1 spiro atoms. The van der Waals surface area contributed by atoms with Crippen LogP contribution in [0.4, 0.5) is 5.69 Å². The predicted octanol–water partition coefficient (Wildman–Crippen LogP) is 7.01. The van der Waals surface area contributed by atoms with Crippen molar-refractivity contribution in [2.45, 2.75) is 43.6 Å². The molecule has 0 atom stereocenters. The Labute approximate surface area is 191 Å². The number of fused-ring (bicyclic) bond motifs is 2. The Morgan fingerprint density at radius 3 is 2.52 bits per heavy atom. The molecule has 3 aromatic rings. The van der Waals surface area contributed by atoms with Crippen molar-refractivity contribution in [1.82, 2.24) is 0 Å². The lowest BCUT2D eigenvalue weighted by molar-refractivity contribution is -0.143. The number of aliphatic carboxylic acids is 1. The first kappa shape index (κ1) is 20.3. The monoisotopic (exact) mass is 449 g/mol. The highest BCUT2D eigenvalue weighted by Gasteiger charge is 2.51. The fourth-order valence-corrected chi connectivity index (χ4v) is 6.46. The van der Waals surface area contributed by atoms with E-state index in [0.29, 0.717) is 17.9 Å². The van der Waals surface area contributed by atoms with Crippen molar-refractivity contribution in [2.75, 3.05) is 5.32 Å². The number of allylic oxidation sites excluding steroid dienone is 1. The Bertz CT molecular complexity index is 1190. The summed E-state index contributed by atoms with van der Waals surface area (Å²) in [4.78, 5) is 13.8. The molecular formula is C26H24ClNO2S. The molecule has 0 aliphatic heterocycles. The average molecular weight is 450 g/mol. The zero-order valence-corrected chi connectivity index (χ0v) is 18.9. The molecule has 5 heteroatoms. The standard InChI is InChI=1S/C26H24ClNO2S/c1-17-13-23(31-16-17)22-14-18-5-2-3-8-21(18)25(22)9-11-26(12-10-25,24(29)30)28-20-7-4-6-19(27)15-20/h2-8,13-16,28H,9-12H2,1H3,(H,29,30). The van der Waals surface area contributed by atoms with E-state index in [1.54, 1.807) is 23.5 Å². The number of rotatable bonds is 4. The fraction of sp³-hybridized carbons (Fsp3) is 0.269. The quantitative estimate of drug-likeness (QED) is 0.450. The molecule has 5 rings (SSSR count). The Hall–Kier alpha value is -2.56. The van der Waals surface area contributed by atoms with Crippen molar-refractivity contribution in [1.29, 1.82) is 0 Å². The van der Waals surface area contributed by atoms with Gasteiger partial charge in [-0.05, 0) is 90.6 Å². The van der Waals surface area contributed by atoms with Crippen molar-refractivity contribution in [2.24, 2.45) is 0 Å². The van der Waals surface area contributed by atoms with Crippen LogP contribution >= 0.6 is 22.9 Å². The lowest BCUT2D eigenvalue weighted by Gasteiger charge is -2.45. The number of aryl methyl sites for hydroxylation is 1. The third-order valence-electron chi connectivity index (χ3n) is 6.86. The van der Waals surface area contributed by atoms with Crippen molar-refractivity contribution < 1.29 is 9.90 Å². The second-order valence-corrected chi connectivity index (χ2v) is 10.1. The van der Waals surface area contributed by atoms with E-state index in [-0.39, 0.29) is 5.41 Å². The Balaban J connectivity index is 1.51. The molecule has 0 saturated heterocycles. The molecule has 2 aliphatic rings. The summed E-state index contributed by atoms with van der Waals surface area (Å²) in [6.45, 7) is 2.13. The number of carboxylic acids is 1. The Morgan fingerprint density at radius 2 is 1.84 bits per heavy atom. The van der Waals surface area contributed by atoms with Crippen LogP contribution in [0.5, 0.6) is 0 Å². The molecule has 2 aromatic carbocycles. The van der Waals surface area contributed by atoms with Crippen molar-refractivity contribution in [3.63, 3.8) is 0 Å². The van der Waals surface area contributed by atoms with E-state index in [4.69, 9.17) is 11.6 Å². The molecule has 0 bridgehead atoms. The van der Waals surface area contributed by atoms with Gasteiger partial charge in [0.1, 0.15) is 5.54 Å². The van der Waals surface area contributed by atoms with E-state index >= 15 is 0 Å². The van der Waals surface area contributed by atoms with E-state index in [1.807, 2.05) is 12.1 Å². The zero-order chi connectivity index (χ0) is 21.6. The summed E-state index contributed by atoms with van der Waals surface area (Å²) in [7, 11) is 0. The minimum absolute atomic E-state index is 0.136. The average Bonchev–Trinajstić information content (AvgIpc) is 3.32. The maximum atomic E-state index is 12.5. The van der Waals surface area contributed by atoms with Crippen LogP contribution in [-0.4, -0.2) is 16.6 Å². The van der Waals surface area contributed by atoms with E-state index in [0.717, 1.165) is 18.5 Å². The van der Waals surface area contributed by atoms with Crippen LogP contribution in [0, 0.1) is 6.92 Å². The largest absolute Gasteiger partial charge is 0.480 e. The second-order valence-electron chi connectivity index (χ2n) is 8.74. The molecule has 31 heavy (non-hydrogen) atoms. The molecule has 0 radical (unpaired) electrons. The number of carboxylic acid groups (broad SMARTS) is 1. The first-order valence-electron chi connectivity index (χ1n) is 10.6. The lowest BCUT2D eigenvalue weighted by Crippen LogP contribution is -2.52. The van der Waals surface area contributed by atoms with Crippen molar-refractivity contribution in [3.05, 3.63) is 86.6 Å². The first-order chi connectivity index (χ1) is 14.9. The van der Waals surface area contributed by atoms with Crippen LogP contribution in [0.25, 0.3) is 11.6 Å². The summed E-state index contributed by atoms with van der Waals surface area (Å²) in [6.07, 6.45) is 4.98. The molecule has 158 valence electrons. The van der Waals surface area contributed by atoms with Crippen molar-refractivity contribution >= 4 is 46.2 Å². The van der Waals surface area contributed by atoms with Crippen LogP contribution in [-0.2, 0) is 10.2 Å². The van der Waals surface area contributed by atoms with Crippen LogP contribution in [0.2, 0.25) is 5.02 Å². The molecule has 3 nitrogen and oxygen atoms in total. The van der Waals surface area contributed by atoms with Crippen molar-refractivity contribution in [3.8, 4) is 0 Å². The van der Waals surface area contributed by atoms with E-state index in [1.165, 1.54) is 27.1 Å². The van der Waals surface area contributed by atoms with Gasteiger partial charge in [0.05, 0.1) is 0 Å². The lowest BCUT2D eigenvalue weighted by atomic mass is 9.62. The van der Waals surface area contributed by atoms with Gasteiger partial charge in [-0.15, -0.1) is 11.3 Å². The highest BCUT2D eigenvalue weighted by molar-refractivity contribution is 7.11. The summed E-state index contributed by atoms with van der Waals surface area (Å²) >= 11 is 7.92. The topological polar surface area (TPSA) is 49.3 Å². The van der Waals surface area contributed by atoms with Gasteiger partial charge in [0.2, 0.25) is 0 Å². The van der Waals surface area contributed by atoms with E-state index in [9.17, 15) is 9.90 Å². The van der Waals surface area contributed by atoms with Crippen LogP contribution in [0.1, 0.15) is 47.3 Å². The summed E-state index contributed by atoms with van der Waals surface area (Å²) < 4.78 is 0. The number of anilines is 1. The number of carbonyl (C=O) groups is 1. The highest BCUT2D eigenvalue weighted by Crippen LogP contribution is 2.57. The van der Waals surface area contributed by atoms with Gasteiger partial charge in [0.15, 0.2) is 0 Å². The van der Waals surface area contributed by atoms with Gasteiger partial charge in [0.25, 0.3) is 0 Å². The zero-order valence-electron chi connectivity index (χ0n) is 17.3. The number of hydrogen-bond acceptors (Lipinski definition) is 3. The van der Waals surface area contributed by atoms with E-state index < -0.39 is 11.5 Å². The van der Waals surface area contributed by atoms with Gasteiger partial charge in [-0.3, -0.25) is 0 Å². The molecule has 1 saturated carbocycles. The molecule has 2 aliphatic carbocycles. The summed E-state index contributed by atoms with van der Waals surface area (Å²) in [6, 6.07) is 18.1. The van der Waals surface area contributed by atoms with Crippen LogP contribution in [0.15, 0.2) is 60.0 Å². The van der Waals surface area contributed by atoms with Gasteiger partial charge in [0, 0.05) is 21.0 Å². The summed E-state index contributed by atoms with van der Waals surface area (Å²) in [5.74, 6) is -0.800. The third kappa shape index (κ3) is 3.38. The molecule has 0 amide bonds. The van der Waals surface area contributed by atoms with E-state index in [2.05, 4.69) is 54.0 Å². The first-order valence-corrected chi connectivity index (χ1v) is 11.8. The fourth-order valence-electron chi connectivity index (χ4n) is 5.25. The molecule has 1 heterocycles. The molecular weight excluding hydrogens is 426 g/mol. The molecule has 1 fully saturated rings. The van der Waals surface area contributed by atoms with Crippen LogP contribution < -0.4 is 5.32 Å². The number of nitrogens with one attached hydrogen (secondary N) is 1.